The number of nitrogens with one attached hydrogen (secondary N) is 1. The Balaban J connectivity index is 1.34. The number of aliphatic hydroxyl groups excluding tert-OH is 1. The van der Waals surface area contributed by atoms with Crippen molar-refractivity contribution in [3.8, 4) is 11.1 Å². The zero-order chi connectivity index (χ0) is 27.8. The quantitative estimate of drug-likeness (QED) is 0.308. The van der Waals surface area contributed by atoms with Crippen molar-refractivity contribution in [2.45, 2.75) is 56.5 Å². The average molecular weight is 562 g/mol. The number of carbonyl (C=O) groups excluding carboxylic acids is 1. The van der Waals surface area contributed by atoms with Crippen molar-refractivity contribution in [3.63, 3.8) is 0 Å². The lowest BCUT2D eigenvalue weighted by molar-refractivity contribution is 0.0805. The molecule has 3 aromatic heterocycles. The van der Waals surface area contributed by atoms with Gasteiger partial charge in [0, 0.05) is 36.5 Å². The number of H-pyrrole nitrogens is 1. The Labute approximate surface area is 235 Å². The Bertz CT molecular complexity index is 1590. The zero-order valence-corrected chi connectivity index (χ0v) is 22.9. The minimum absolute atomic E-state index is 0.194. The summed E-state index contributed by atoms with van der Waals surface area (Å²) in [5.74, 6) is -0.950. The third-order valence-electron chi connectivity index (χ3n) is 8.35. The summed E-state index contributed by atoms with van der Waals surface area (Å²) in [6.45, 7) is 2.70. The Morgan fingerprint density at radius 2 is 1.93 bits per heavy atom. The molecule has 1 aromatic carbocycles. The molecule has 40 heavy (non-hydrogen) atoms. The van der Waals surface area contributed by atoms with E-state index in [9.17, 15) is 19.1 Å². The maximum Gasteiger partial charge on any atom is 0.283 e. The second-order valence-corrected chi connectivity index (χ2v) is 11.9. The van der Waals surface area contributed by atoms with E-state index < -0.39 is 17.3 Å². The molecular weight excluding hydrogens is 529 g/mol. The molecule has 10 heteroatoms. The van der Waals surface area contributed by atoms with Gasteiger partial charge in [-0.15, -0.1) is 0 Å². The van der Waals surface area contributed by atoms with Gasteiger partial charge < -0.3 is 20.7 Å². The first-order chi connectivity index (χ1) is 19.4. The molecule has 1 fully saturated rings. The number of aliphatic hydroxyl groups is 1. The topological polar surface area (TPSA) is 125 Å². The molecule has 208 valence electrons. The van der Waals surface area contributed by atoms with Crippen LogP contribution in [0.4, 0.5) is 4.39 Å². The summed E-state index contributed by atoms with van der Waals surface area (Å²) in [5.41, 5.74) is 10.4. The van der Waals surface area contributed by atoms with Gasteiger partial charge in [-0.2, -0.15) is 0 Å². The highest BCUT2D eigenvalue weighted by Crippen LogP contribution is 2.44. The molecule has 0 saturated carbocycles. The number of pyridine rings is 2. The number of piperidine rings is 1. The third kappa shape index (κ3) is 5.43. The summed E-state index contributed by atoms with van der Waals surface area (Å²) in [6.07, 6.45) is 6.82. The van der Waals surface area contributed by atoms with E-state index in [4.69, 9.17) is 10.7 Å². The van der Waals surface area contributed by atoms with Crippen LogP contribution in [0.3, 0.4) is 0 Å². The summed E-state index contributed by atoms with van der Waals surface area (Å²) in [5, 5.41) is 10.2. The van der Waals surface area contributed by atoms with Gasteiger partial charge >= 0.3 is 0 Å². The number of nitrogens with zero attached hydrogens (tertiary/aromatic N) is 3. The lowest BCUT2D eigenvalue weighted by Gasteiger charge is -2.35. The van der Waals surface area contributed by atoms with Crippen molar-refractivity contribution in [1.29, 1.82) is 0 Å². The van der Waals surface area contributed by atoms with Crippen molar-refractivity contribution in [1.82, 2.24) is 19.9 Å². The molecule has 8 nitrogen and oxygen atoms in total. The molecule has 0 radical (unpaired) electrons. The number of rotatable bonds is 7. The summed E-state index contributed by atoms with van der Waals surface area (Å²) < 4.78 is 13.9. The van der Waals surface area contributed by atoms with Gasteiger partial charge in [0.1, 0.15) is 10.3 Å². The molecule has 6 rings (SSSR count). The van der Waals surface area contributed by atoms with Gasteiger partial charge in [-0.3, -0.25) is 9.59 Å². The van der Waals surface area contributed by atoms with E-state index in [0.717, 1.165) is 79.8 Å². The van der Waals surface area contributed by atoms with Crippen molar-refractivity contribution >= 4 is 27.6 Å². The molecule has 0 bridgehead atoms. The van der Waals surface area contributed by atoms with Gasteiger partial charge in [0.25, 0.3) is 11.5 Å². The van der Waals surface area contributed by atoms with Gasteiger partial charge in [-0.25, -0.2) is 14.4 Å². The van der Waals surface area contributed by atoms with Crippen molar-refractivity contribution in [2.75, 3.05) is 19.6 Å². The average Bonchev–Trinajstić information content (AvgIpc) is 3.38. The van der Waals surface area contributed by atoms with Gasteiger partial charge in [0.2, 0.25) is 0 Å². The van der Waals surface area contributed by atoms with Crippen LogP contribution in [0.25, 0.3) is 21.5 Å². The summed E-state index contributed by atoms with van der Waals surface area (Å²) in [7, 11) is 0. The van der Waals surface area contributed by atoms with Gasteiger partial charge in [0.05, 0.1) is 6.10 Å². The number of aromatic nitrogens is 3. The molecule has 4 heterocycles. The van der Waals surface area contributed by atoms with Crippen LogP contribution >= 0.6 is 11.3 Å². The number of thiazole rings is 1. The van der Waals surface area contributed by atoms with E-state index >= 15 is 0 Å². The van der Waals surface area contributed by atoms with E-state index in [-0.39, 0.29) is 22.9 Å². The Morgan fingerprint density at radius 3 is 2.65 bits per heavy atom. The van der Waals surface area contributed by atoms with Gasteiger partial charge in [-0.05, 0) is 79.8 Å². The van der Waals surface area contributed by atoms with Crippen LogP contribution in [0.15, 0.2) is 47.4 Å². The fourth-order valence-corrected chi connectivity index (χ4v) is 6.98. The van der Waals surface area contributed by atoms with E-state index in [1.807, 2.05) is 12.1 Å². The number of aryl methyl sites for hydroxylation is 1. The Kier molecular flexibility index (Phi) is 7.48. The highest BCUT2D eigenvalue weighted by Gasteiger charge is 2.32. The molecule has 2 aliphatic rings. The third-order valence-corrected chi connectivity index (χ3v) is 9.33. The van der Waals surface area contributed by atoms with E-state index in [1.54, 1.807) is 0 Å². The summed E-state index contributed by atoms with van der Waals surface area (Å²) in [6, 6.07) is 11.5. The largest absolute Gasteiger partial charge is 0.393 e. The van der Waals surface area contributed by atoms with Gasteiger partial charge in [0.15, 0.2) is 10.8 Å². The van der Waals surface area contributed by atoms with Crippen LogP contribution in [0.1, 0.15) is 70.6 Å². The predicted molar refractivity (Wildman–Crippen MR) is 153 cm³/mol. The molecule has 1 unspecified atom stereocenters. The minimum Gasteiger partial charge on any atom is -0.393 e. The number of benzene rings is 1. The number of fused-ring (bicyclic) bond motifs is 2. The fourth-order valence-electron chi connectivity index (χ4n) is 6.20. The molecule has 1 amide bonds. The zero-order valence-electron chi connectivity index (χ0n) is 22.1. The van der Waals surface area contributed by atoms with Crippen molar-refractivity contribution in [3.05, 3.63) is 80.6 Å². The normalized spacial score (nSPS) is 19.0. The molecular formula is C30H32FN5O3S. The van der Waals surface area contributed by atoms with Crippen LogP contribution in [0.5, 0.6) is 0 Å². The van der Waals surface area contributed by atoms with Crippen LogP contribution in [0.2, 0.25) is 0 Å². The first-order valence-corrected chi connectivity index (χ1v) is 14.7. The van der Waals surface area contributed by atoms with Crippen LogP contribution < -0.4 is 11.3 Å². The lowest BCUT2D eigenvalue weighted by Crippen LogP contribution is -2.37. The maximum atomic E-state index is 13.9. The van der Waals surface area contributed by atoms with Crippen LogP contribution in [-0.4, -0.2) is 56.6 Å². The lowest BCUT2D eigenvalue weighted by atomic mass is 9.74. The number of likely N-dealkylation sites (tertiary alicyclic amines) is 1. The number of halogens is 1. The molecule has 2 atom stereocenters. The second-order valence-electron chi connectivity index (χ2n) is 10.9. The first kappa shape index (κ1) is 26.7. The summed E-state index contributed by atoms with van der Waals surface area (Å²) >= 11 is 1.24. The number of nitrogens with two attached hydrogens (primary N) is 1. The number of amides is 1. The smallest absolute Gasteiger partial charge is 0.283 e. The predicted octanol–water partition coefficient (Wildman–Crippen LogP) is 4.34. The number of hydrogen-bond donors (Lipinski definition) is 3. The summed E-state index contributed by atoms with van der Waals surface area (Å²) in [4.78, 5) is 38.3. The maximum absolute atomic E-state index is 13.9. The fraction of sp³-hybridized carbons (Fsp3) is 0.400. The van der Waals surface area contributed by atoms with E-state index in [2.05, 4.69) is 33.1 Å². The van der Waals surface area contributed by atoms with E-state index in [1.165, 1.54) is 34.7 Å². The Morgan fingerprint density at radius 1 is 1.15 bits per heavy atom. The van der Waals surface area contributed by atoms with Crippen molar-refractivity contribution in [2.24, 2.45) is 5.73 Å². The molecule has 1 aliphatic heterocycles. The number of aromatic amines is 1. The number of hydrogen-bond acceptors (Lipinski definition) is 7. The molecule has 4 aromatic rings. The van der Waals surface area contributed by atoms with Crippen LogP contribution in [0, 0.1) is 5.82 Å². The number of carbonyl (C=O) groups is 1. The van der Waals surface area contributed by atoms with E-state index in [0.29, 0.717) is 5.56 Å². The van der Waals surface area contributed by atoms with Crippen molar-refractivity contribution < 1.29 is 14.3 Å². The highest BCUT2D eigenvalue weighted by atomic mass is 32.1. The van der Waals surface area contributed by atoms with Gasteiger partial charge in [-0.1, -0.05) is 35.6 Å². The molecule has 4 N–H and O–H groups in total. The highest BCUT2D eigenvalue weighted by molar-refractivity contribution is 7.19. The standard InChI is InChI=1S/C30H32FN5O3S/c31-24-14-20(16-33-28(24)39)17-4-6-18(7-5-17)22(10-13-36-11-8-21(37)9-12-36)23-3-1-2-19-15-25-29(35-26(19)23)40-30(34-25)27(32)38/h4-7,14-16,21-23,37H,1-3,8-13H2,(H2,32,38)(H,33,39)/t22-,23?/m0/s1. The van der Waals surface area contributed by atoms with Crippen LogP contribution in [-0.2, 0) is 6.42 Å². The molecule has 0 spiro atoms. The monoisotopic (exact) mass is 561 g/mol. The molecule has 1 aliphatic carbocycles. The number of primary amides is 1. The first-order valence-electron chi connectivity index (χ1n) is 13.8. The SMILES string of the molecule is NC(=O)c1nc2cc3c(nc2s1)C([C@@H](CCN1CCC(O)CC1)c1ccc(-c2c[nH]c(=O)c(F)c2)cc1)CCC3. The second kappa shape index (κ2) is 11.2. The molecule has 1 saturated heterocycles. The Hall–Kier alpha value is -3.47. The minimum atomic E-state index is -0.801.